The van der Waals surface area contributed by atoms with Crippen LogP contribution in [0.3, 0.4) is 0 Å². The number of nitrogens with zero attached hydrogens (tertiary/aromatic N) is 1. The van der Waals surface area contributed by atoms with E-state index < -0.39 is 54.6 Å². The number of ether oxygens (including phenoxy) is 3. The zero-order valence-electron chi connectivity index (χ0n) is 26.5. The van der Waals surface area contributed by atoms with Crippen LogP contribution in [0.2, 0.25) is 0 Å². The van der Waals surface area contributed by atoms with Crippen molar-refractivity contribution in [3.63, 3.8) is 0 Å². The molecule has 0 aliphatic carbocycles. The third-order valence-corrected chi connectivity index (χ3v) is 8.32. The molecule has 0 unspecified atom stereocenters. The van der Waals surface area contributed by atoms with Crippen LogP contribution in [0.1, 0.15) is 62.4 Å². The summed E-state index contributed by atoms with van der Waals surface area (Å²) in [6.07, 6.45) is 2.08. The molecule has 1 fully saturated rings. The Hall–Kier alpha value is -4.66. The molecule has 3 atom stereocenters. The summed E-state index contributed by atoms with van der Waals surface area (Å²) in [7, 11) is 0. The van der Waals surface area contributed by atoms with Crippen LogP contribution in [0, 0.1) is 23.6 Å². The first-order valence-electron chi connectivity index (χ1n) is 14.9. The average molecular weight is 662 g/mol. The minimum Gasteiger partial charge on any atom is -0.462 e. The Morgan fingerprint density at radius 1 is 0.915 bits per heavy atom. The lowest BCUT2D eigenvalue weighted by Gasteiger charge is -2.48. The first-order chi connectivity index (χ1) is 22.4. The molecule has 1 aliphatic rings. The zero-order chi connectivity index (χ0) is 34.1. The van der Waals surface area contributed by atoms with Gasteiger partial charge in [-0.05, 0) is 78.8 Å². The Morgan fingerprint density at radius 2 is 1.51 bits per heavy atom. The van der Waals surface area contributed by atoms with E-state index in [1.807, 2.05) is 42.7 Å². The maximum absolute atomic E-state index is 13.7. The predicted octanol–water partition coefficient (Wildman–Crippen LogP) is 5.55. The summed E-state index contributed by atoms with van der Waals surface area (Å²) in [5.74, 6) is 2.88. The molecule has 11 heteroatoms. The molecular formula is C36H36FNO8S. The molecule has 1 N–H and O–H groups in total. The van der Waals surface area contributed by atoms with Gasteiger partial charge in [-0.25, -0.2) is 4.39 Å². The van der Waals surface area contributed by atoms with Crippen molar-refractivity contribution < 1.29 is 42.9 Å². The quantitative estimate of drug-likeness (QED) is 0.0877. The summed E-state index contributed by atoms with van der Waals surface area (Å²) >= 11 is 1.60. The molecule has 0 radical (unpaired) electrons. The van der Waals surface area contributed by atoms with E-state index in [1.165, 1.54) is 32.9 Å². The number of halogens is 1. The van der Waals surface area contributed by atoms with Crippen LogP contribution in [-0.2, 0) is 33.4 Å². The number of hydrogen-bond acceptors (Lipinski definition) is 9. The smallest absolute Gasteiger partial charge is 0.303 e. The first-order valence-corrected chi connectivity index (χ1v) is 16.1. The minimum atomic E-state index is -1.91. The van der Waals surface area contributed by atoms with Gasteiger partial charge < -0.3 is 24.2 Å². The van der Waals surface area contributed by atoms with Gasteiger partial charge in [0.1, 0.15) is 25.1 Å². The highest BCUT2D eigenvalue weighted by molar-refractivity contribution is 7.98. The lowest BCUT2D eigenvalue weighted by atomic mass is 9.78. The van der Waals surface area contributed by atoms with Gasteiger partial charge in [0.2, 0.25) is 5.91 Å². The first kappa shape index (κ1) is 35.2. The largest absolute Gasteiger partial charge is 0.462 e. The van der Waals surface area contributed by atoms with Crippen molar-refractivity contribution in [2.45, 2.75) is 56.3 Å². The van der Waals surface area contributed by atoms with Crippen LogP contribution in [0.25, 0.3) is 0 Å². The van der Waals surface area contributed by atoms with Gasteiger partial charge in [0.25, 0.3) is 0 Å². The van der Waals surface area contributed by atoms with Gasteiger partial charge in [-0.1, -0.05) is 36.1 Å². The van der Waals surface area contributed by atoms with Gasteiger partial charge in [0, 0.05) is 36.9 Å². The molecule has 3 aromatic rings. The summed E-state index contributed by atoms with van der Waals surface area (Å²) in [6, 6.07) is 20.3. The van der Waals surface area contributed by atoms with Crippen molar-refractivity contribution in [2.75, 3.05) is 24.4 Å². The number of aliphatic hydroxyl groups is 1. The fourth-order valence-electron chi connectivity index (χ4n) is 5.25. The average Bonchev–Trinajstić information content (AvgIpc) is 3.05. The number of amides is 1. The number of carbonyl (C=O) groups is 4. The van der Waals surface area contributed by atoms with E-state index in [9.17, 15) is 28.7 Å². The number of β-lactam (4-membered cyclic amide) rings is 1. The molecule has 0 saturated carbocycles. The molecule has 0 spiro atoms. The van der Waals surface area contributed by atoms with E-state index in [1.54, 1.807) is 40.9 Å². The molecule has 1 heterocycles. The summed E-state index contributed by atoms with van der Waals surface area (Å²) < 4.78 is 29.0. The van der Waals surface area contributed by atoms with Crippen LogP contribution < -0.4 is 4.90 Å². The Morgan fingerprint density at radius 3 is 2.04 bits per heavy atom. The molecule has 3 aromatic carbocycles. The second kappa shape index (κ2) is 15.8. The van der Waals surface area contributed by atoms with Gasteiger partial charge in [-0.15, -0.1) is 11.8 Å². The van der Waals surface area contributed by atoms with E-state index in [4.69, 9.17) is 14.2 Å². The second-order valence-electron chi connectivity index (χ2n) is 11.1. The monoisotopic (exact) mass is 661 g/mol. The molecule has 1 aliphatic heterocycles. The topological polar surface area (TPSA) is 119 Å². The summed E-state index contributed by atoms with van der Waals surface area (Å²) in [4.78, 5) is 51.0. The van der Waals surface area contributed by atoms with Crippen molar-refractivity contribution in [3.8, 4) is 11.8 Å². The van der Waals surface area contributed by atoms with Gasteiger partial charge in [-0.2, -0.15) is 0 Å². The molecule has 47 heavy (non-hydrogen) atoms. The Bertz CT molecular complexity index is 1630. The van der Waals surface area contributed by atoms with Gasteiger partial charge in [0.15, 0.2) is 5.60 Å². The second-order valence-corrected chi connectivity index (χ2v) is 12.0. The molecule has 246 valence electrons. The van der Waals surface area contributed by atoms with Crippen molar-refractivity contribution >= 4 is 41.3 Å². The third kappa shape index (κ3) is 9.44. The summed E-state index contributed by atoms with van der Waals surface area (Å²) in [5.41, 5.74) is 0.843. The molecule has 1 saturated heterocycles. The van der Waals surface area contributed by atoms with E-state index in [-0.39, 0.29) is 11.9 Å². The Kier molecular flexibility index (Phi) is 11.8. The zero-order valence-corrected chi connectivity index (χ0v) is 27.3. The predicted molar refractivity (Wildman–Crippen MR) is 174 cm³/mol. The number of esters is 3. The van der Waals surface area contributed by atoms with Crippen LogP contribution in [-0.4, -0.2) is 54.0 Å². The molecule has 1 amide bonds. The van der Waals surface area contributed by atoms with Crippen molar-refractivity contribution in [3.05, 3.63) is 95.3 Å². The van der Waals surface area contributed by atoms with E-state index in [0.29, 0.717) is 24.0 Å². The van der Waals surface area contributed by atoms with E-state index in [0.717, 1.165) is 16.1 Å². The van der Waals surface area contributed by atoms with Crippen LogP contribution >= 0.6 is 11.8 Å². The molecule has 0 bridgehead atoms. The number of benzene rings is 3. The number of hydrogen-bond donors (Lipinski definition) is 1. The Labute approximate surface area is 277 Å². The molecule has 0 aromatic heterocycles. The normalized spacial score (nSPS) is 16.3. The molecule has 4 rings (SSSR count). The highest BCUT2D eigenvalue weighted by Gasteiger charge is 2.48. The van der Waals surface area contributed by atoms with Gasteiger partial charge >= 0.3 is 17.9 Å². The fraction of sp³-hybridized carbons (Fsp3) is 0.333. The van der Waals surface area contributed by atoms with Crippen molar-refractivity contribution in [1.29, 1.82) is 0 Å². The van der Waals surface area contributed by atoms with Gasteiger partial charge in [-0.3, -0.25) is 19.2 Å². The van der Waals surface area contributed by atoms with Crippen LogP contribution in [0.4, 0.5) is 10.1 Å². The number of anilines is 1. The lowest BCUT2D eigenvalue weighted by molar-refractivity contribution is -0.154. The van der Waals surface area contributed by atoms with Gasteiger partial charge in [0.05, 0.1) is 12.0 Å². The van der Waals surface area contributed by atoms with Crippen LogP contribution in [0.5, 0.6) is 0 Å². The maximum atomic E-state index is 13.7. The number of carbonyl (C=O) groups excluding carboxylic acids is 4. The minimum absolute atomic E-state index is 0.0718. The van der Waals surface area contributed by atoms with E-state index in [2.05, 4.69) is 11.8 Å². The Balaban J connectivity index is 1.60. The third-order valence-electron chi connectivity index (χ3n) is 7.57. The standard InChI is InChI=1S/C36H36FNO8S/c1-23(39)44-21-36(43,22-45-24(2)40)20-19-26-5-7-28(8-6-26)34-32(35(42)38(34)30-13-15-31(47-4)16-14-30)17-18-33(46-25(3)41)27-9-11-29(37)12-10-27/h5-16,32-34,43H,17-18,21-22H2,1-4H3/t32-,33+,34-/m1/s1. The fourth-order valence-corrected chi connectivity index (χ4v) is 5.66. The maximum Gasteiger partial charge on any atom is 0.303 e. The highest BCUT2D eigenvalue weighted by Crippen LogP contribution is 2.46. The number of thioether (sulfide) groups is 1. The molecule has 9 nitrogen and oxygen atoms in total. The lowest BCUT2D eigenvalue weighted by Crippen LogP contribution is -2.55. The van der Waals surface area contributed by atoms with Crippen molar-refractivity contribution in [2.24, 2.45) is 5.92 Å². The van der Waals surface area contributed by atoms with Crippen molar-refractivity contribution in [1.82, 2.24) is 0 Å². The summed E-state index contributed by atoms with van der Waals surface area (Å²) in [6.45, 7) is 2.73. The molecular weight excluding hydrogens is 625 g/mol. The summed E-state index contributed by atoms with van der Waals surface area (Å²) in [5, 5.41) is 10.9. The SMILES string of the molecule is CSc1ccc(N2C(=O)[C@H](CC[C@H](OC(C)=O)c3ccc(F)cc3)[C@H]2c2ccc(C#CC(O)(COC(C)=O)COC(C)=O)cc2)cc1. The van der Waals surface area contributed by atoms with E-state index >= 15 is 0 Å². The highest BCUT2D eigenvalue weighted by atomic mass is 32.2. The number of rotatable bonds is 12. The van der Waals surface area contributed by atoms with Crippen LogP contribution in [0.15, 0.2) is 77.7 Å².